The van der Waals surface area contributed by atoms with Gasteiger partial charge in [-0.1, -0.05) is 23.3 Å². The van der Waals surface area contributed by atoms with Crippen LogP contribution in [0, 0.1) is 30.9 Å². The number of nitro benzene ring substituents is 1. The number of aryl methyl sites for hydroxylation is 3. The summed E-state index contributed by atoms with van der Waals surface area (Å²) in [6.07, 6.45) is 0. The van der Waals surface area contributed by atoms with Crippen molar-refractivity contribution in [3.63, 3.8) is 0 Å². The fourth-order valence-corrected chi connectivity index (χ4v) is 2.11. The normalized spacial score (nSPS) is 10.2. The van der Waals surface area contributed by atoms with E-state index in [2.05, 4.69) is 0 Å². The van der Waals surface area contributed by atoms with Crippen LogP contribution in [-0.2, 0) is 0 Å². The van der Waals surface area contributed by atoms with Gasteiger partial charge in [-0.2, -0.15) is 0 Å². The molecule has 0 bridgehead atoms. The third kappa shape index (κ3) is 3.45. The first kappa shape index (κ1) is 14.7. The molecule has 0 aliphatic rings. The zero-order valence-electron chi connectivity index (χ0n) is 12.0. The third-order valence-electron chi connectivity index (χ3n) is 2.97. The molecule has 5 heteroatoms. The fourth-order valence-electron chi connectivity index (χ4n) is 2.11. The van der Waals surface area contributed by atoms with Crippen LogP contribution in [0.15, 0.2) is 36.4 Å². The summed E-state index contributed by atoms with van der Waals surface area (Å²) in [7, 11) is 0. The molecule has 2 aromatic carbocycles. The van der Waals surface area contributed by atoms with Crippen LogP contribution in [0.25, 0.3) is 0 Å². The van der Waals surface area contributed by atoms with Crippen LogP contribution in [0.1, 0.15) is 27.0 Å². The van der Waals surface area contributed by atoms with Crippen molar-refractivity contribution in [2.45, 2.75) is 20.8 Å². The van der Waals surface area contributed by atoms with Gasteiger partial charge >= 0.3 is 11.7 Å². The van der Waals surface area contributed by atoms with E-state index in [4.69, 9.17) is 4.74 Å². The monoisotopic (exact) mass is 285 g/mol. The lowest BCUT2D eigenvalue weighted by Crippen LogP contribution is -2.10. The number of benzene rings is 2. The zero-order chi connectivity index (χ0) is 15.6. The molecule has 21 heavy (non-hydrogen) atoms. The highest BCUT2D eigenvalue weighted by atomic mass is 16.6. The second-order valence-electron chi connectivity index (χ2n) is 4.99. The molecule has 0 aromatic heterocycles. The van der Waals surface area contributed by atoms with Gasteiger partial charge in [0.1, 0.15) is 0 Å². The fraction of sp³-hybridized carbons (Fsp3) is 0.188. The standard InChI is InChI=1S/C16H15NO4/c1-10-4-5-14(17(19)20)15(9-10)21-16(18)13-7-11(2)6-12(3)8-13/h4-9H,1-3H3. The van der Waals surface area contributed by atoms with Gasteiger partial charge in [-0.05, 0) is 44.5 Å². The van der Waals surface area contributed by atoms with Gasteiger partial charge in [0.15, 0.2) is 0 Å². The minimum Gasteiger partial charge on any atom is -0.416 e. The van der Waals surface area contributed by atoms with E-state index in [9.17, 15) is 14.9 Å². The van der Waals surface area contributed by atoms with Gasteiger partial charge in [0.05, 0.1) is 10.5 Å². The van der Waals surface area contributed by atoms with E-state index >= 15 is 0 Å². The summed E-state index contributed by atoms with van der Waals surface area (Å²) in [6, 6.07) is 9.74. The van der Waals surface area contributed by atoms with Gasteiger partial charge in [0.2, 0.25) is 5.75 Å². The first-order chi connectivity index (χ1) is 9.86. The molecule has 108 valence electrons. The highest BCUT2D eigenvalue weighted by Crippen LogP contribution is 2.28. The average molecular weight is 285 g/mol. The first-order valence-electron chi connectivity index (χ1n) is 6.42. The molecule has 0 N–H and O–H groups in total. The molecule has 0 atom stereocenters. The Bertz CT molecular complexity index is 702. The molecule has 0 fully saturated rings. The van der Waals surface area contributed by atoms with Crippen molar-refractivity contribution in [2.24, 2.45) is 0 Å². The second kappa shape index (κ2) is 5.75. The molecule has 0 radical (unpaired) electrons. The van der Waals surface area contributed by atoms with Crippen molar-refractivity contribution in [1.82, 2.24) is 0 Å². The number of carbonyl (C=O) groups is 1. The molecule has 0 spiro atoms. The Balaban J connectivity index is 2.35. The molecule has 0 saturated heterocycles. The molecule has 0 aliphatic carbocycles. The number of nitro groups is 1. The number of ether oxygens (including phenoxy) is 1. The van der Waals surface area contributed by atoms with Crippen LogP contribution < -0.4 is 4.74 Å². The van der Waals surface area contributed by atoms with Crippen molar-refractivity contribution in [1.29, 1.82) is 0 Å². The summed E-state index contributed by atoms with van der Waals surface area (Å²) in [5.41, 5.74) is 2.80. The average Bonchev–Trinajstić information content (AvgIpc) is 2.37. The number of hydrogen-bond donors (Lipinski definition) is 0. The lowest BCUT2D eigenvalue weighted by molar-refractivity contribution is -0.385. The SMILES string of the molecule is Cc1cc(C)cc(C(=O)Oc2cc(C)ccc2[N+](=O)[O-])c1. The molecule has 2 rings (SSSR count). The van der Waals surface area contributed by atoms with E-state index in [1.165, 1.54) is 12.1 Å². The van der Waals surface area contributed by atoms with Crippen molar-refractivity contribution in [3.8, 4) is 5.75 Å². The summed E-state index contributed by atoms with van der Waals surface area (Å²) in [5.74, 6) is -0.639. The molecule has 0 saturated carbocycles. The van der Waals surface area contributed by atoms with Crippen LogP contribution in [-0.4, -0.2) is 10.9 Å². The second-order valence-corrected chi connectivity index (χ2v) is 4.99. The van der Waals surface area contributed by atoms with E-state index in [1.807, 2.05) is 19.9 Å². The predicted molar refractivity (Wildman–Crippen MR) is 78.7 cm³/mol. The highest BCUT2D eigenvalue weighted by molar-refractivity contribution is 5.92. The molecule has 0 amide bonds. The lowest BCUT2D eigenvalue weighted by Gasteiger charge is -2.07. The van der Waals surface area contributed by atoms with Crippen LogP contribution in [0.2, 0.25) is 0 Å². The summed E-state index contributed by atoms with van der Waals surface area (Å²) in [6.45, 7) is 5.52. The molecule has 0 heterocycles. The number of carbonyl (C=O) groups excluding carboxylic acids is 1. The van der Waals surface area contributed by atoms with E-state index in [-0.39, 0.29) is 11.4 Å². The van der Waals surface area contributed by atoms with Crippen LogP contribution in [0.3, 0.4) is 0 Å². The number of hydrogen-bond acceptors (Lipinski definition) is 4. The Labute approximate surface area is 122 Å². The number of rotatable bonds is 3. The molecular weight excluding hydrogens is 270 g/mol. The van der Waals surface area contributed by atoms with Gasteiger partial charge in [-0.3, -0.25) is 10.1 Å². The van der Waals surface area contributed by atoms with Gasteiger partial charge in [-0.15, -0.1) is 0 Å². The first-order valence-corrected chi connectivity index (χ1v) is 6.42. The topological polar surface area (TPSA) is 69.4 Å². The minimum absolute atomic E-state index is 0.0378. The summed E-state index contributed by atoms with van der Waals surface area (Å²) in [5, 5.41) is 11.0. The quantitative estimate of drug-likeness (QED) is 0.373. The predicted octanol–water partition coefficient (Wildman–Crippen LogP) is 3.74. The lowest BCUT2D eigenvalue weighted by atomic mass is 10.1. The maximum absolute atomic E-state index is 12.2. The van der Waals surface area contributed by atoms with Crippen molar-refractivity contribution in [3.05, 3.63) is 68.8 Å². The van der Waals surface area contributed by atoms with Gasteiger partial charge in [-0.25, -0.2) is 4.79 Å². The summed E-state index contributed by atoms with van der Waals surface area (Å²) in [4.78, 5) is 22.6. The smallest absolute Gasteiger partial charge is 0.343 e. The Morgan fingerprint density at radius 1 is 1.00 bits per heavy atom. The van der Waals surface area contributed by atoms with E-state index in [0.717, 1.165) is 16.7 Å². The molecule has 2 aromatic rings. The maximum Gasteiger partial charge on any atom is 0.343 e. The van der Waals surface area contributed by atoms with Gasteiger partial charge in [0.25, 0.3) is 0 Å². The maximum atomic E-state index is 12.2. The highest BCUT2D eigenvalue weighted by Gasteiger charge is 2.19. The van der Waals surface area contributed by atoms with Crippen LogP contribution in [0.5, 0.6) is 5.75 Å². The molecule has 0 aliphatic heterocycles. The third-order valence-corrected chi connectivity index (χ3v) is 2.97. The minimum atomic E-state index is -0.601. The van der Waals surface area contributed by atoms with E-state index in [0.29, 0.717) is 5.56 Å². The van der Waals surface area contributed by atoms with Crippen molar-refractivity contribution in [2.75, 3.05) is 0 Å². The van der Waals surface area contributed by atoms with Crippen molar-refractivity contribution < 1.29 is 14.5 Å². The zero-order valence-corrected chi connectivity index (χ0v) is 12.0. The Morgan fingerprint density at radius 3 is 2.19 bits per heavy atom. The Kier molecular flexibility index (Phi) is 4.03. The largest absolute Gasteiger partial charge is 0.416 e. The van der Waals surface area contributed by atoms with Crippen LogP contribution in [0.4, 0.5) is 5.69 Å². The van der Waals surface area contributed by atoms with E-state index < -0.39 is 10.9 Å². The number of esters is 1. The summed E-state index contributed by atoms with van der Waals surface area (Å²) >= 11 is 0. The summed E-state index contributed by atoms with van der Waals surface area (Å²) < 4.78 is 5.20. The molecule has 0 unspecified atom stereocenters. The van der Waals surface area contributed by atoms with E-state index in [1.54, 1.807) is 25.1 Å². The Morgan fingerprint density at radius 2 is 1.62 bits per heavy atom. The van der Waals surface area contributed by atoms with Gasteiger partial charge < -0.3 is 4.74 Å². The number of nitrogens with zero attached hydrogens (tertiary/aromatic N) is 1. The van der Waals surface area contributed by atoms with Crippen LogP contribution >= 0.6 is 0 Å². The van der Waals surface area contributed by atoms with Crippen molar-refractivity contribution >= 4 is 11.7 Å². The molecule has 5 nitrogen and oxygen atoms in total. The Hall–Kier alpha value is -2.69. The molecular formula is C16H15NO4. The van der Waals surface area contributed by atoms with Gasteiger partial charge in [0, 0.05) is 6.07 Å².